The Morgan fingerprint density at radius 1 is 1.32 bits per heavy atom. The van der Waals surface area contributed by atoms with Gasteiger partial charge in [-0.1, -0.05) is 32.6 Å². The molecular formula is C17H26N4O4. The van der Waals surface area contributed by atoms with Crippen molar-refractivity contribution >= 4 is 11.6 Å². The molecule has 1 amide bonds. The average Bonchev–Trinajstić information content (AvgIpc) is 2.58. The molecule has 0 bridgehead atoms. The fourth-order valence-electron chi connectivity index (χ4n) is 3.14. The normalized spacial score (nSPS) is 16.0. The smallest absolute Gasteiger partial charge is 0.331 e. The number of hydrogen-bond donors (Lipinski definition) is 3. The molecule has 3 N–H and O–H groups in total. The van der Waals surface area contributed by atoms with Crippen LogP contribution in [-0.2, 0) is 4.79 Å². The van der Waals surface area contributed by atoms with Gasteiger partial charge in [0, 0.05) is 12.5 Å². The lowest BCUT2D eigenvalue weighted by Gasteiger charge is -2.25. The largest absolute Gasteiger partial charge is 0.494 e. The molecule has 8 nitrogen and oxygen atoms in total. The van der Waals surface area contributed by atoms with Crippen molar-refractivity contribution in [3.8, 4) is 5.88 Å². The first-order chi connectivity index (χ1) is 12.0. The zero-order valence-electron chi connectivity index (χ0n) is 14.8. The van der Waals surface area contributed by atoms with Gasteiger partial charge in [-0.15, -0.1) is 0 Å². The molecule has 0 radical (unpaired) electrons. The Balaban J connectivity index is 2.32. The van der Waals surface area contributed by atoms with Gasteiger partial charge in [-0.25, -0.2) is 10.2 Å². The molecular weight excluding hydrogens is 324 g/mol. The SMILES string of the molecule is CCCCC(=O)NN=C(C)c1c(O)n(C2CCCCC2)c(=O)[nH]c1=O. The van der Waals surface area contributed by atoms with Crippen molar-refractivity contribution in [2.45, 2.75) is 71.3 Å². The summed E-state index contributed by atoms with van der Waals surface area (Å²) in [6.07, 6.45) is 6.61. The van der Waals surface area contributed by atoms with Gasteiger partial charge in [0.25, 0.3) is 5.56 Å². The fourth-order valence-corrected chi connectivity index (χ4v) is 3.14. The van der Waals surface area contributed by atoms with Crippen LogP contribution in [0.25, 0.3) is 0 Å². The highest BCUT2D eigenvalue weighted by atomic mass is 16.3. The number of hydrogen-bond acceptors (Lipinski definition) is 5. The third kappa shape index (κ3) is 4.58. The minimum atomic E-state index is -0.710. The van der Waals surface area contributed by atoms with Crippen LogP contribution in [0, 0.1) is 0 Å². The van der Waals surface area contributed by atoms with E-state index in [9.17, 15) is 19.5 Å². The van der Waals surface area contributed by atoms with Crippen molar-refractivity contribution in [2.24, 2.45) is 5.10 Å². The molecule has 2 rings (SSSR count). The Morgan fingerprint density at radius 3 is 2.64 bits per heavy atom. The maximum atomic E-state index is 12.2. The first-order valence-electron chi connectivity index (χ1n) is 8.87. The molecule has 0 aliphatic heterocycles. The maximum absolute atomic E-state index is 12.2. The maximum Gasteiger partial charge on any atom is 0.331 e. The summed E-state index contributed by atoms with van der Waals surface area (Å²) >= 11 is 0. The number of aromatic nitrogens is 2. The predicted molar refractivity (Wildman–Crippen MR) is 95.0 cm³/mol. The molecule has 0 atom stereocenters. The third-order valence-electron chi connectivity index (χ3n) is 4.53. The lowest BCUT2D eigenvalue weighted by molar-refractivity contribution is -0.121. The average molecular weight is 350 g/mol. The van der Waals surface area contributed by atoms with Gasteiger partial charge < -0.3 is 5.11 Å². The van der Waals surface area contributed by atoms with Gasteiger partial charge in [0.1, 0.15) is 5.56 Å². The second-order valence-electron chi connectivity index (χ2n) is 6.46. The zero-order chi connectivity index (χ0) is 18.4. The molecule has 1 saturated carbocycles. The lowest BCUT2D eigenvalue weighted by atomic mass is 9.95. The van der Waals surface area contributed by atoms with E-state index in [1.807, 2.05) is 6.92 Å². The molecule has 1 aromatic heterocycles. The number of nitrogens with one attached hydrogen (secondary N) is 2. The van der Waals surface area contributed by atoms with E-state index in [2.05, 4.69) is 15.5 Å². The molecule has 0 aromatic carbocycles. The number of unbranched alkanes of at least 4 members (excludes halogenated alkanes) is 1. The summed E-state index contributed by atoms with van der Waals surface area (Å²) in [7, 11) is 0. The van der Waals surface area contributed by atoms with Gasteiger partial charge in [0.2, 0.25) is 11.8 Å². The number of amides is 1. The second-order valence-corrected chi connectivity index (χ2v) is 6.46. The highest BCUT2D eigenvalue weighted by Gasteiger charge is 2.24. The fraction of sp³-hybridized carbons (Fsp3) is 0.647. The van der Waals surface area contributed by atoms with Crippen molar-refractivity contribution in [2.75, 3.05) is 0 Å². The Kier molecular flexibility index (Phi) is 6.55. The van der Waals surface area contributed by atoms with Crippen molar-refractivity contribution in [3.05, 3.63) is 26.4 Å². The van der Waals surface area contributed by atoms with Gasteiger partial charge in [-0.2, -0.15) is 5.10 Å². The van der Waals surface area contributed by atoms with Crippen molar-refractivity contribution in [1.29, 1.82) is 0 Å². The summed E-state index contributed by atoms with van der Waals surface area (Å²) in [5, 5.41) is 14.4. The van der Waals surface area contributed by atoms with Crippen molar-refractivity contribution in [1.82, 2.24) is 15.0 Å². The van der Waals surface area contributed by atoms with Crippen LogP contribution < -0.4 is 16.7 Å². The van der Waals surface area contributed by atoms with E-state index in [0.717, 1.165) is 44.9 Å². The van der Waals surface area contributed by atoms with Crippen LogP contribution in [0.5, 0.6) is 5.88 Å². The minimum Gasteiger partial charge on any atom is -0.494 e. The van der Waals surface area contributed by atoms with Crippen LogP contribution >= 0.6 is 0 Å². The van der Waals surface area contributed by atoms with Crippen molar-refractivity contribution in [3.63, 3.8) is 0 Å². The van der Waals surface area contributed by atoms with E-state index in [0.29, 0.717) is 6.42 Å². The summed E-state index contributed by atoms with van der Waals surface area (Å²) < 4.78 is 1.24. The van der Waals surface area contributed by atoms with E-state index in [4.69, 9.17) is 0 Å². The summed E-state index contributed by atoms with van der Waals surface area (Å²) in [5.41, 5.74) is 1.14. The molecule has 0 saturated heterocycles. The molecule has 138 valence electrons. The van der Waals surface area contributed by atoms with Gasteiger partial charge in [-0.3, -0.25) is 19.1 Å². The van der Waals surface area contributed by atoms with Crippen LogP contribution in [0.1, 0.15) is 76.8 Å². The third-order valence-corrected chi connectivity index (χ3v) is 4.53. The van der Waals surface area contributed by atoms with E-state index in [1.54, 1.807) is 0 Å². The van der Waals surface area contributed by atoms with Gasteiger partial charge in [-0.05, 0) is 26.2 Å². The van der Waals surface area contributed by atoms with Crippen molar-refractivity contribution < 1.29 is 9.90 Å². The molecule has 0 spiro atoms. The Hall–Kier alpha value is -2.38. The van der Waals surface area contributed by atoms with E-state index >= 15 is 0 Å². The van der Waals surface area contributed by atoms with Crippen LogP contribution in [0.2, 0.25) is 0 Å². The molecule has 1 aromatic rings. The molecule has 8 heteroatoms. The van der Waals surface area contributed by atoms with Crippen LogP contribution in [-0.4, -0.2) is 26.3 Å². The number of rotatable bonds is 6. The van der Waals surface area contributed by atoms with Crippen LogP contribution in [0.15, 0.2) is 14.7 Å². The van der Waals surface area contributed by atoms with Gasteiger partial charge >= 0.3 is 5.69 Å². The van der Waals surface area contributed by atoms with Crippen LogP contribution in [0.3, 0.4) is 0 Å². The van der Waals surface area contributed by atoms with E-state index < -0.39 is 11.2 Å². The van der Waals surface area contributed by atoms with E-state index in [-0.39, 0.29) is 29.1 Å². The zero-order valence-corrected chi connectivity index (χ0v) is 14.8. The summed E-state index contributed by atoms with van der Waals surface area (Å²) in [6, 6.07) is -0.135. The number of carbonyl (C=O) groups excluding carboxylic acids is 1. The number of nitrogens with zero attached hydrogens (tertiary/aromatic N) is 2. The topological polar surface area (TPSA) is 117 Å². The second kappa shape index (κ2) is 8.64. The number of aromatic hydroxyl groups is 1. The highest BCUT2D eigenvalue weighted by molar-refractivity contribution is 6.00. The van der Waals surface area contributed by atoms with Gasteiger partial charge in [0.05, 0.1) is 5.71 Å². The molecule has 0 unspecified atom stereocenters. The molecule has 1 aliphatic rings. The quantitative estimate of drug-likeness (QED) is 0.535. The first-order valence-corrected chi connectivity index (χ1v) is 8.87. The Bertz CT molecular complexity index is 757. The first kappa shape index (κ1) is 19.0. The highest BCUT2D eigenvalue weighted by Crippen LogP contribution is 2.30. The number of carbonyl (C=O) groups is 1. The predicted octanol–water partition coefficient (Wildman–Crippen LogP) is 1.78. The van der Waals surface area contributed by atoms with E-state index in [1.165, 1.54) is 11.5 Å². The monoisotopic (exact) mass is 350 g/mol. The number of H-pyrrole nitrogens is 1. The number of aromatic amines is 1. The standard InChI is InChI=1S/C17H26N4O4/c1-3-4-10-13(22)20-19-11(2)14-15(23)18-17(25)21(16(14)24)12-8-6-5-7-9-12/h12,24H,3-10H2,1-2H3,(H,20,22)(H,18,23,25). The summed E-state index contributed by atoms with van der Waals surface area (Å²) in [4.78, 5) is 38.2. The summed E-state index contributed by atoms with van der Waals surface area (Å²) in [6.45, 7) is 3.49. The Morgan fingerprint density at radius 2 is 2.00 bits per heavy atom. The van der Waals surface area contributed by atoms with Crippen LogP contribution in [0.4, 0.5) is 0 Å². The Labute approximate surface area is 146 Å². The molecule has 1 aliphatic carbocycles. The lowest BCUT2D eigenvalue weighted by Crippen LogP contribution is -2.36. The molecule has 25 heavy (non-hydrogen) atoms. The molecule has 1 heterocycles. The van der Waals surface area contributed by atoms with Gasteiger partial charge in [0.15, 0.2) is 0 Å². The minimum absolute atomic E-state index is 0.0824. The molecule has 1 fully saturated rings. The summed E-state index contributed by atoms with van der Waals surface area (Å²) in [5.74, 6) is -0.637. The number of hydrazone groups is 1.